The number of hydrogen-bond acceptors (Lipinski definition) is 0. The van der Waals surface area contributed by atoms with Gasteiger partial charge >= 0.3 is 0 Å². The highest BCUT2D eigenvalue weighted by atomic mass is 35.5. The van der Waals surface area contributed by atoms with E-state index in [0.29, 0.717) is 0 Å². The maximum absolute atomic E-state index is 3.64. The monoisotopic (exact) mass is 316 g/mol. The van der Waals surface area contributed by atoms with Crippen molar-refractivity contribution in [1.29, 1.82) is 0 Å². The molecule has 0 atom stereocenters. The first-order valence-corrected chi connectivity index (χ1v) is 5.93. The van der Waals surface area contributed by atoms with Crippen LogP contribution in [0, 0.1) is 6.92 Å². The number of allylic oxidation sites excluding steroid dienone is 2. The molecule has 0 unspecified atom stereocenters. The van der Waals surface area contributed by atoms with E-state index in [4.69, 9.17) is 0 Å². The average Bonchev–Trinajstić information content (AvgIpc) is 2.91. The Morgan fingerprint density at radius 1 is 1.25 bits per heavy atom. The second-order valence-corrected chi connectivity index (χ2v) is 4.05. The molecule has 112 valence electrons. The second-order valence-electron chi connectivity index (χ2n) is 4.05. The van der Waals surface area contributed by atoms with Crippen LogP contribution in [0.15, 0.2) is 56.4 Å². The van der Waals surface area contributed by atoms with Gasteiger partial charge in [0, 0.05) is 6.92 Å². The molecule has 20 heavy (non-hydrogen) atoms. The fraction of sp³-hybridized carbons (Fsp3) is 0.286. The molecule has 0 bridgehead atoms. The first-order valence-electron chi connectivity index (χ1n) is 5.93. The summed E-state index contributed by atoms with van der Waals surface area (Å²) in [7, 11) is 2.00. The number of imidazole rings is 2. The molecule has 0 saturated carbocycles. The maximum Gasteiger partial charge on any atom is 0.251 e. The van der Waals surface area contributed by atoms with E-state index in [1.165, 1.54) is 0 Å². The van der Waals surface area contributed by atoms with Crippen LogP contribution >= 0.6 is 0 Å². The van der Waals surface area contributed by atoms with Gasteiger partial charge in [-0.1, -0.05) is 25.3 Å². The van der Waals surface area contributed by atoms with Gasteiger partial charge in [0.1, 0.15) is 37.9 Å². The molecule has 2 rings (SSSR count). The van der Waals surface area contributed by atoms with Gasteiger partial charge < -0.3 is 24.8 Å². The van der Waals surface area contributed by atoms with Gasteiger partial charge in [0.25, 0.3) is 5.82 Å². The number of aryl methyl sites for hydroxylation is 2. The van der Waals surface area contributed by atoms with E-state index in [9.17, 15) is 0 Å². The summed E-state index contributed by atoms with van der Waals surface area (Å²) in [6.45, 7) is 11.1. The van der Waals surface area contributed by atoms with Gasteiger partial charge in [0.05, 0.1) is 7.05 Å². The molecule has 0 fully saturated rings. The molecule has 0 radical (unpaired) electrons. The Bertz CT molecular complexity index is 503. The zero-order valence-corrected chi connectivity index (χ0v) is 13.5. The van der Waals surface area contributed by atoms with Gasteiger partial charge in [0.2, 0.25) is 6.33 Å². The van der Waals surface area contributed by atoms with Crippen molar-refractivity contribution < 1.29 is 33.9 Å². The van der Waals surface area contributed by atoms with Gasteiger partial charge in [-0.3, -0.25) is 0 Å². The van der Waals surface area contributed by atoms with Crippen molar-refractivity contribution >= 4 is 0 Å². The van der Waals surface area contributed by atoms with E-state index >= 15 is 0 Å². The van der Waals surface area contributed by atoms with Crippen LogP contribution in [0.25, 0.3) is 0 Å². The van der Waals surface area contributed by atoms with Crippen LogP contribution in [0.2, 0.25) is 0 Å². The van der Waals surface area contributed by atoms with Crippen LogP contribution < -0.4 is 33.9 Å². The first-order chi connectivity index (χ1) is 8.67. The normalized spacial score (nSPS) is 8.50. The molecule has 0 saturated heterocycles. The lowest BCUT2D eigenvalue weighted by Gasteiger charge is -1.87. The summed E-state index contributed by atoms with van der Waals surface area (Å²) in [5.41, 5.74) is 0. The number of rotatable bonds is 4. The van der Waals surface area contributed by atoms with Crippen molar-refractivity contribution in [1.82, 2.24) is 9.55 Å². The Balaban J connectivity index is 0. The van der Waals surface area contributed by atoms with Crippen LogP contribution in [0.5, 0.6) is 0 Å². The largest absolute Gasteiger partial charge is 1.00 e. The standard InChI is InChI=1S/C7H10N2.C7H11N2.2ClH/c1-3-5-9-6-4-8-7(9)2;1-3-4-9-6-5-8(2)7-9;;/h3-4,6H,1,5H2,2H3;3,5-7H,1,4H2,2H3;2*1H/q;+1;;/p-1. The molecule has 1 N–H and O–H groups in total. The third kappa shape index (κ3) is 7.16. The topological polar surface area (TPSA) is 28.5 Å². The molecular formula is C14H22Cl2N4. The highest BCUT2D eigenvalue weighted by molar-refractivity contribution is 4.73. The van der Waals surface area contributed by atoms with Crippen LogP contribution in [0.3, 0.4) is 0 Å². The number of halogens is 2. The molecule has 6 heteroatoms. The quantitative estimate of drug-likeness (QED) is 0.434. The highest BCUT2D eigenvalue weighted by Crippen LogP contribution is 1.82. The number of aromatic amines is 1. The molecular weight excluding hydrogens is 295 g/mol. The molecule has 0 spiro atoms. The molecule has 0 aliphatic heterocycles. The van der Waals surface area contributed by atoms with Crippen LogP contribution in [0.4, 0.5) is 0 Å². The lowest BCUT2D eigenvalue weighted by Crippen LogP contribution is -3.00. The second kappa shape index (κ2) is 11.3. The minimum Gasteiger partial charge on any atom is -1.00 e. The predicted molar refractivity (Wildman–Crippen MR) is 71.7 cm³/mol. The summed E-state index contributed by atoms with van der Waals surface area (Å²) in [6, 6.07) is 0. The summed E-state index contributed by atoms with van der Waals surface area (Å²) < 4.78 is 6.16. The fourth-order valence-electron chi connectivity index (χ4n) is 1.54. The number of hydrogen-bond donors (Lipinski definition) is 1. The Labute approximate surface area is 133 Å². The summed E-state index contributed by atoms with van der Waals surface area (Å²) in [5, 5.41) is 0. The van der Waals surface area contributed by atoms with Gasteiger partial charge in [0.15, 0.2) is 0 Å². The van der Waals surface area contributed by atoms with Crippen molar-refractivity contribution in [2.75, 3.05) is 0 Å². The van der Waals surface area contributed by atoms with Crippen molar-refractivity contribution in [2.45, 2.75) is 20.0 Å². The Hall–Kier alpha value is -1.52. The summed E-state index contributed by atoms with van der Waals surface area (Å²) in [6.07, 6.45) is 13.7. The molecule has 0 amide bonds. The molecule has 4 nitrogen and oxygen atoms in total. The zero-order valence-electron chi connectivity index (χ0n) is 12.0. The fourth-order valence-corrected chi connectivity index (χ4v) is 1.54. The van der Waals surface area contributed by atoms with E-state index in [0.717, 1.165) is 18.9 Å². The van der Waals surface area contributed by atoms with Crippen molar-refractivity contribution in [3.8, 4) is 0 Å². The van der Waals surface area contributed by atoms with E-state index in [1.807, 2.05) is 61.8 Å². The summed E-state index contributed by atoms with van der Waals surface area (Å²) in [5.74, 6) is 1.16. The lowest BCUT2D eigenvalue weighted by atomic mass is 10.6. The van der Waals surface area contributed by atoms with Crippen molar-refractivity contribution in [2.24, 2.45) is 7.05 Å². The van der Waals surface area contributed by atoms with Gasteiger partial charge in [-0.25, -0.2) is 18.7 Å². The smallest absolute Gasteiger partial charge is 0.251 e. The predicted octanol–water partition coefficient (Wildman–Crippen LogP) is -4.70. The number of nitrogens with one attached hydrogen (secondary N) is 1. The van der Waals surface area contributed by atoms with Gasteiger partial charge in [-0.05, 0) is 0 Å². The SMILES string of the molecule is C=CC[n+]1cc[nH]c1C.C=CCn1cc[n+](C)c1.[Cl-].[Cl-]. The van der Waals surface area contributed by atoms with Crippen LogP contribution in [-0.4, -0.2) is 9.55 Å². The third-order valence-electron chi connectivity index (χ3n) is 2.47. The molecule has 0 aliphatic rings. The van der Waals surface area contributed by atoms with E-state index in [1.54, 1.807) is 0 Å². The summed E-state index contributed by atoms with van der Waals surface area (Å²) >= 11 is 0. The van der Waals surface area contributed by atoms with Crippen molar-refractivity contribution in [3.05, 3.63) is 62.2 Å². The maximum atomic E-state index is 3.64. The van der Waals surface area contributed by atoms with E-state index in [-0.39, 0.29) is 24.8 Å². The van der Waals surface area contributed by atoms with Gasteiger partial charge in [-0.2, -0.15) is 0 Å². The van der Waals surface area contributed by atoms with Gasteiger partial charge in [-0.15, -0.1) is 0 Å². The summed E-state index contributed by atoms with van der Waals surface area (Å²) in [4.78, 5) is 3.07. The Morgan fingerprint density at radius 2 is 1.95 bits per heavy atom. The lowest BCUT2D eigenvalue weighted by molar-refractivity contribution is -0.691. The number of nitrogens with zero attached hydrogens (tertiary/aromatic N) is 3. The Kier molecular flexibility index (Phi) is 11.8. The number of H-pyrrole nitrogens is 1. The molecule has 0 aliphatic carbocycles. The zero-order chi connectivity index (χ0) is 13.4. The van der Waals surface area contributed by atoms with Crippen LogP contribution in [-0.2, 0) is 20.1 Å². The molecule has 2 aromatic rings. The van der Waals surface area contributed by atoms with Crippen molar-refractivity contribution in [3.63, 3.8) is 0 Å². The third-order valence-corrected chi connectivity index (χ3v) is 2.47. The van der Waals surface area contributed by atoms with E-state index in [2.05, 4.69) is 27.3 Å². The van der Waals surface area contributed by atoms with E-state index < -0.39 is 0 Å². The highest BCUT2D eigenvalue weighted by Gasteiger charge is 1.99. The number of aromatic nitrogens is 4. The molecule has 2 aromatic heterocycles. The van der Waals surface area contributed by atoms with Crippen LogP contribution in [0.1, 0.15) is 5.82 Å². The average molecular weight is 317 g/mol. The Morgan fingerprint density at radius 3 is 2.35 bits per heavy atom. The first kappa shape index (κ1) is 20.8. The minimum atomic E-state index is 0. The molecule has 0 aromatic carbocycles. The minimum absolute atomic E-state index is 0. The molecule has 2 heterocycles.